The molecule has 0 bridgehead atoms. The summed E-state index contributed by atoms with van der Waals surface area (Å²) in [7, 11) is -3.59. The molecule has 0 saturated heterocycles. The Morgan fingerprint density at radius 1 is 1.25 bits per heavy atom. The molecular formula is C13H10BrN3O2S. The van der Waals surface area contributed by atoms with E-state index < -0.39 is 10.0 Å². The first kappa shape index (κ1) is 14.5. The first-order chi connectivity index (χ1) is 9.50. The van der Waals surface area contributed by atoms with Crippen LogP contribution in [0.5, 0.6) is 0 Å². The minimum atomic E-state index is -3.59. The molecule has 1 N–H and O–H groups in total. The normalized spacial score (nSPS) is 10.8. The summed E-state index contributed by atoms with van der Waals surface area (Å²) in [6, 6.07) is 11.8. The minimum Gasteiger partial charge on any atom is -0.282 e. The maximum absolute atomic E-state index is 12.1. The van der Waals surface area contributed by atoms with E-state index in [-0.39, 0.29) is 5.75 Å². The number of aromatic nitrogens is 1. The molecule has 0 unspecified atom stereocenters. The van der Waals surface area contributed by atoms with Gasteiger partial charge in [-0.15, -0.1) is 0 Å². The lowest BCUT2D eigenvalue weighted by Crippen LogP contribution is -2.15. The third kappa shape index (κ3) is 3.79. The van der Waals surface area contributed by atoms with Gasteiger partial charge < -0.3 is 0 Å². The van der Waals surface area contributed by atoms with Gasteiger partial charge in [-0.05, 0) is 39.7 Å². The van der Waals surface area contributed by atoms with E-state index in [1.165, 1.54) is 6.20 Å². The van der Waals surface area contributed by atoms with Crippen molar-refractivity contribution in [3.8, 4) is 6.07 Å². The number of benzene rings is 1. The molecule has 20 heavy (non-hydrogen) atoms. The fourth-order valence-electron chi connectivity index (χ4n) is 1.61. The summed E-state index contributed by atoms with van der Waals surface area (Å²) < 4.78 is 27.2. The Kier molecular flexibility index (Phi) is 4.37. The Bertz CT molecular complexity index is 752. The van der Waals surface area contributed by atoms with Crippen LogP contribution in [0, 0.1) is 11.3 Å². The van der Waals surface area contributed by atoms with Gasteiger partial charge >= 0.3 is 0 Å². The summed E-state index contributed by atoms with van der Waals surface area (Å²) in [5.41, 5.74) is 1.20. The molecule has 0 saturated carbocycles. The molecule has 0 atom stereocenters. The Labute approximate surface area is 125 Å². The molecule has 2 aromatic rings. The van der Waals surface area contributed by atoms with Gasteiger partial charge in [0.15, 0.2) is 0 Å². The van der Waals surface area contributed by atoms with Crippen molar-refractivity contribution >= 4 is 31.6 Å². The quantitative estimate of drug-likeness (QED) is 0.858. The number of sulfonamides is 1. The van der Waals surface area contributed by atoms with E-state index in [9.17, 15) is 8.42 Å². The average Bonchev–Trinajstić information content (AvgIpc) is 2.41. The van der Waals surface area contributed by atoms with E-state index in [0.717, 1.165) is 0 Å². The summed E-state index contributed by atoms with van der Waals surface area (Å²) in [5, 5.41) is 8.96. The number of rotatable bonds is 4. The van der Waals surface area contributed by atoms with E-state index in [1.54, 1.807) is 36.4 Å². The predicted molar refractivity (Wildman–Crippen MR) is 79.3 cm³/mol. The summed E-state index contributed by atoms with van der Waals surface area (Å²) in [5.74, 6) is -0.257. The maximum atomic E-state index is 12.1. The highest BCUT2D eigenvalue weighted by Gasteiger charge is 2.14. The Morgan fingerprint density at radius 3 is 2.65 bits per heavy atom. The molecule has 0 amide bonds. The maximum Gasteiger partial charge on any atom is 0.237 e. The van der Waals surface area contributed by atoms with Gasteiger partial charge in [-0.3, -0.25) is 4.72 Å². The van der Waals surface area contributed by atoms with Crippen LogP contribution in [0.4, 0.5) is 5.69 Å². The van der Waals surface area contributed by atoms with Gasteiger partial charge in [-0.25, -0.2) is 13.4 Å². The highest BCUT2D eigenvalue weighted by atomic mass is 79.9. The third-order valence-corrected chi connectivity index (χ3v) is 4.19. The zero-order valence-corrected chi connectivity index (χ0v) is 12.6. The molecule has 0 aliphatic carbocycles. The fourth-order valence-corrected chi connectivity index (χ4v) is 3.06. The second kappa shape index (κ2) is 6.03. The fraction of sp³-hybridized carbons (Fsp3) is 0.0769. The third-order valence-electron chi connectivity index (χ3n) is 2.48. The Balaban J connectivity index is 2.19. The average molecular weight is 352 g/mol. The van der Waals surface area contributed by atoms with Crippen molar-refractivity contribution in [2.75, 3.05) is 4.72 Å². The van der Waals surface area contributed by atoms with Crippen molar-refractivity contribution < 1.29 is 8.42 Å². The van der Waals surface area contributed by atoms with E-state index >= 15 is 0 Å². The molecule has 0 aliphatic heterocycles. The molecular weight excluding hydrogens is 342 g/mol. The summed E-state index contributed by atoms with van der Waals surface area (Å²) in [6.07, 6.45) is 1.41. The number of pyridine rings is 1. The molecule has 2 rings (SSSR count). The molecule has 0 aliphatic rings. The van der Waals surface area contributed by atoms with Crippen molar-refractivity contribution in [3.05, 3.63) is 58.3 Å². The molecule has 1 heterocycles. The molecule has 0 spiro atoms. The lowest BCUT2D eigenvalue weighted by atomic mass is 10.1. The highest BCUT2D eigenvalue weighted by Crippen LogP contribution is 2.16. The molecule has 5 nitrogen and oxygen atoms in total. The second-order valence-electron chi connectivity index (χ2n) is 4.00. The monoisotopic (exact) mass is 351 g/mol. The smallest absolute Gasteiger partial charge is 0.237 e. The van der Waals surface area contributed by atoms with Gasteiger partial charge in [0.25, 0.3) is 0 Å². The lowest BCUT2D eigenvalue weighted by molar-refractivity contribution is 0.600. The first-order valence-electron chi connectivity index (χ1n) is 5.60. The zero-order chi connectivity index (χ0) is 14.6. The largest absolute Gasteiger partial charge is 0.282 e. The van der Waals surface area contributed by atoms with E-state index in [4.69, 9.17) is 5.26 Å². The first-order valence-corrected chi connectivity index (χ1v) is 8.05. The zero-order valence-electron chi connectivity index (χ0n) is 10.2. The number of halogens is 1. The molecule has 7 heteroatoms. The van der Waals surface area contributed by atoms with Crippen molar-refractivity contribution in [3.63, 3.8) is 0 Å². The predicted octanol–water partition coefficient (Wildman–Crippen LogP) is 2.66. The van der Waals surface area contributed by atoms with E-state index in [0.29, 0.717) is 21.4 Å². The van der Waals surface area contributed by atoms with E-state index in [2.05, 4.69) is 25.6 Å². The van der Waals surface area contributed by atoms with Gasteiger partial charge in [0.05, 0.1) is 29.3 Å². The van der Waals surface area contributed by atoms with Crippen molar-refractivity contribution in [1.82, 2.24) is 4.98 Å². The Morgan fingerprint density at radius 2 is 2.00 bits per heavy atom. The number of anilines is 1. The highest BCUT2D eigenvalue weighted by molar-refractivity contribution is 9.10. The summed E-state index contributed by atoms with van der Waals surface area (Å²) in [4.78, 5) is 3.94. The summed E-state index contributed by atoms with van der Waals surface area (Å²) >= 11 is 3.17. The van der Waals surface area contributed by atoms with Gasteiger partial charge in [0, 0.05) is 0 Å². The van der Waals surface area contributed by atoms with Crippen LogP contribution >= 0.6 is 15.9 Å². The van der Waals surface area contributed by atoms with Crippen LogP contribution < -0.4 is 4.72 Å². The number of hydrogen-bond acceptors (Lipinski definition) is 4. The lowest BCUT2D eigenvalue weighted by Gasteiger charge is -2.08. The van der Waals surface area contributed by atoms with Crippen LogP contribution in [0.15, 0.2) is 47.2 Å². The molecule has 0 fully saturated rings. The van der Waals surface area contributed by atoms with E-state index in [1.807, 2.05) is 6.07 Å². The molecule has 1 aromatic carbocycles. The summed E-state index contributed by atoms with van der Waals surface area (Å²) in [6.45, 7) is 0. The standard InChI is InChI=1S/C13H10BrN3O2S/c14-13-6-5-12(8-16-13)17-20(18,19)9-11-4-2-1-3-10(11)7-15/h1-6,8,17H,9H2. The number of hydrogen-bond donors (Lipinski definition) is 1. The molecule has 1 aromatic heterocycles. The number of nitriles is 1. The van der Waals surface area contributed by atoms with Crippen LogP contribution in [0.25, 0.3) is 0 Å². The van der Waals surface area contributed by atoms with Crippen LogP contribution in [0.2, 0.25) is 0 Å². The van der Waals surface area contributed by atoms with Gasteiger partial charge in [-0.1, -0.05) is 18.2 Å². The van der Waals surface area contributed by atoms with Gasteiger partial charge in [0.1, 0.15) is 4.60 Å². The van der Waals surface area contributed by atoms with Crippen molar-refractivity contribution in [2.24, 2.45) is 0 Å². The van der Waals surface area contributed by atoms with Crippen LogP contribution in [-0.4, -0.2) is 13.4 Å². The van der Waals surface area contributed by atoms with Gasteiger partial charge in [-0.2, -0.15) is 5.26 Å². The van der Waals surface area contributed by atoms with Crippen molar-refractivity contribution in [2.45, 2.75) is 5.75 Å². The molecule has 102 valence electrons. The topological polar surface area (TPSA) is 82.8 Å². The van der Waals surface area contributed by atoms with Crippen LogP contribution in [0.3, 0.4) is 0 Å². The Hall–Kier alpha value is -1.91. The van der Waals surface area contributed by atoms with Crippen molar-refractivity contribution in [1.29, 1.82) is 5.26 Å². The molecule has 0 radical (unpaired) electrons. The number of nitrogens with zero attached hydrogens (tertiary/aromatic N) is 2. The number of nitrogens with one attached hydrogen (secondary N) is 1. The van der Waals surface area contributed by atoms with Gasteiger partial charge in [0.2, 0.25) is 10.0 Å². The SMILES string of the molecule is N#Cc1ccccc1CS(=O)(=O)Nc1ccc(Br)nc1. The van der Waals surface area contributed by atoms with Crippen LogP contribution in [0.1, 0.15) is 11.1 Å². The van der Waals surface area contributed by atoms with Crippen LogP contribution in [-0.2, 0) is 15.8 Å². The minimum absolute atomic E-state index is 0.257. The second-order valence-corrected chi connectivity index (χ2v) is 6.53.